The molecule has 7 heteroatoms. The lowest BCUT2D eigenvalue weighted by atomic mass is 9.45. The molecule has 0 aromatic rings. The standard InChI is InChI=1S/C32H52O7/c1-17(2)9-12-24(35)18(3)22-10-11-23-21-15-26(38-19(4)33)29-30(39-20(5)34)25(36)13-14-31(29,6)28(21)27(37-8)16-32(22,23)7/h15,17-18,22-30,35-36H,9-14,16H2,1-8H3/t18-,22+,23-,24+,25-,26-,27+,28+,29-,30-,31+,32+/m0/s1. The van der Waals surface area contributed by atoms with Gasteiger partial charge >= 0.3 is 11.9 Å². The normalized spacial score (nSPS) is 43.0. The van der Waals surface area contributed by atoms with Crippen molar-refractivity contribution in [2.24, 2.45) is 46.3 Å². The van der Waals surface area contributed by atoms with Crippen LogP contribution in [0.4, 0.5) is 0 Å². The minimum atomic E-state index is -0.807. The number of aliphatic hydroxyl groups is 2. The largest absolute Gasteiger partial charge is 0.459 e. The van der Waals surface area contributed by atoms with Gasteiger partial charge in [-0.2, -0.15) is 0 Å². The first kappa shape index (κ1) is 30.5. The molecule has 4 rings (SSSR count). The quantitative estimate of drug-likeness (QED) is 0.323. The molecule has 222 valence electrons. The Morgan fingerprint density at radius 2 is 1.69 bits per heavy atom. The van der Waals surface area contributed by atoms with E-state index in [2.05, 4.69) is 40.7 Å². The van der Waals surface area contributed by atoms with Gasteiger partial charge in [0.25, 0.3) is 0 Å². The van der Waals surface area contributed by atoms with Gasteiger partial charge in [-0.25, -0.2) is 0 Å². The molecule has 0 bridgehead atoms. The molecule has 4 aliphatic rings. The average Bonchev–Trinajstić information content (AvgIpc) is 3.19. The molecule has 4 aliphatic carbocycles. The Balaban J connectivity index is 1.75. The van der Waals surface area contributed by atoms with Crippen LogP contribution in [-0.4, -0.2) is 59.8 Å². The number of hydrogen-bond acceptors (Lipinski definition) is 7. The van der Waals surface area contributed by atoms with Crippen LogP contribution >= 0.6 is 0 Å². The van der Waals surface area contributed by atoms with Crippen LogP contribution in [0, 0.1) is 46.3 Å². The number of esters is 2. The number of carbonyl (C=O) groups is 2. The van der Waals surface area contributed by atoms with E-state index in [-0.39, 0.29) is 46.8 Å². The fourth-order valence-electron chi connectivity index (χ4n) is 9.50. The third kappa shape index (κ3) is 5.44. The molecule has 3 fully saturated rings. The maximum Gasteiger partial charge on any atom is 0.303 e. The average molecular weight is 549 g/mol. The van der Waals surface area contributed by atoms with Crippen molar-refractivity contribution in [1.82, 2.24) is 0 Å². The monoisotopic (exact) mass is 548 g/mol. The van der Waals surface area contributed by atoms with E-state index in [1.54, 1.807) is 7.11 Å². The van der Waals surface area contributed by atoms with Gasteiger partial charge in [0.1, 0.15) is 12.2 Å². The highest BCUT2D eigenvalue weighted by molar-refractivity contribution is 5.67. The van der Waals surface area contributed by atoms with Gasteiger partial charge < -0.3 is 24.4 Å². The van der Waals surface area contributed by atoms with Crippen LogP contribution in [0.1, 0.15) is 93.4 Å². The smallest absolute Gasteiger partial charge is 0.303 e. The van der Waals surface area contributed by atoms with Gasteiger partial charge in [0.2, 0.25) is 0 Å². The van der Waals surface area contributed by atoms with Gasteiger partial charge in [-0.3, -0.25) is 9.59 Å². The second-order valence-electron chi connectivity index (χ2n) is 14.0. The molecule has 12 atom stereocenters. The number of hydrogen-bond donors (Lipinski definition) is 2. The van der Waals surface area contributed by atoms with Crippen LogP contribution in [-0.2, 0) is 23.8 Å². The Hall–Kier alpha value is -1.44. The number of carbonyl (C=O) groups excluding carboxylic acids is 2. The van der Waals surface area contributed by atoms with Crippen molar-refractivity contribution in [3.05, 3.63) is 11.6 Å². The molecule has 0 saturated heterocycles. The number of ether oxygens (including phenoxy) is 3. The molecule has 7 nitrogen and oxygen atoms in total. The zero-order valence-corrected chi connectivity index (χ0v) is 25.3. The van der Waals surface area contributed by atoms with Crippen LogP contribution < -0.4 is 0 Å². The Bertz CT molecular complexity index is 945. The summed E-state index contributed by atoms with van der Waals surface area (Å²) in [4.78, 5) is 24.4. The zero-order chi connectivity index (χ0) is 28.9. The van der Waals surface area contributed by atoms with Crippen LogP contribution in [0.3, 0.4) is 0 Å². The Kier molecular flexibility index (Phi) is 8.95. The predicted molar refractivity (Wildman–Crippen MR) is 148 cm³/mol. The first-order chi connectivity index (χ1) is 18.2. The van der Waals surface area contributed by atoms with Crippen LogP contribution in [0.15, 0.2) is 11.6 Å². The van der Waals surface area contributed by atoms with E-state index in [1.165, 1.54) is 19.4 Å². The molecule has 0 aromatic carbocycles. The van der Waals surface area contributed by atoms with Crippen molar-refractivity contribution < 1.29 is 34.0 Å². The summed E-state index contributed by atoms with van der Waals surface area (Å²) in [5, 5.41) is 22.1. The number of methoxy groups -OCH3 is 1. The molecule has 0 heterocycles. The maximum absolute atomic E-state index is 12.3. The molecule has 3 saturated carbocycles. The van der Waals surface area contributed by atoms with Crippen LogP contribution in [0.2, 0.25) is 0 Å². The number of fused-ring (bicyclic) bond motifs is 5. The molecular weight excluding hydrogens is 496 g/mol. The van der Waals surface area contributed by atoms with E-state index in [0.717, 1.165) is 38.5 Å². The van der Waals surface area contributed by atoms with Gasteiger partial charge in [0.05, 0.1) is 18.3 Å². The summed E-state index contributed by atoms with van der Waals surface area (Å²) in [6.45, 7) is 14.0. The molecule has 0 unspecified atom stereocenters. The first-order valence-electron chi connectivity index (χ1n) is 15.2. The van der Waals surface area contributed by atoms with Gasteiger partial charge in [-0.05, 0) is 85.5 Å². The first-order valence-corrected chi connectivity index (χ1v) is 15.2. The lowest BCUT2D eigenvalue weighted by Gasteiger charge is -2.62. The van der Waals surface area contributed by atoms with E-state index in [1.807, 2.05) is 0 Å². The van der Waals surface area contributed by atoms with Crippen molar-refractivity contribution in [2.75, 3.05) is 7.11 Å². The third-order valence-electron chi connectivity index (χ3n) is 11.3. The molecule has 0 amide bonds. The fraction of sp³-hybridized carbons (Fsp3) is 0.875. The van der Waals surface area contributed by atoms with Crippen molar-refractivity contribution in [1.29, 1.82) is 0 Å². The zero-order valence-electron chi connectivity index (χ0n) is 25.3. The van der Waals surface area contributed by atoms with E-state index in [4.69, 9.17) is 14.2 Å². The molecule has 0 aliphatic heterocycles. The summed E-state index contributed by atoms with van der Waals surface area (Å²) < 4.78 is 18.0. The summed E-state index contributed by atoms with van der Waals surface area (Å²) in [5.41, 5.74) is 0.866. The molecule has 2 N–H and O–H groups in total. The fourth-order valence-corrected chi connectivity index (χ4v) is 9.50. The second kappa shape index (κ2) is 11.4. The summed E-state index contributed by atoms with van der Waals surface area (Å²) >= 11 is 0. The minimum absolute atomic E-state index is 0.0470. The van der Waals surface area contributed by atoms with Crippen molar-refractivity contribution in [3.63, 3.8) is 0 Å². The molecule has 39 heavy (non-hydrogen) atoms. The highest BCUT2D eigenvalue weighted by atomic mass is 16.6. The van der Waals surface area contributed by atoms with Crippen LogP contribution in [0.5, 0.6) is 0 Å². The lowest BCUT2D eigenvalue weighted by Crippen LogP contribution is -2.63. The highest BCUT2D eigenvalue weighted by Gasteiger charge is 2.65. The molecule has 0 radical (unpaired) electrons. The highest BCUT2D eigenvalue weighted by Crippen LogP contribution is 2.67. The topological polar surface area (TPSA) is 102 Å². The number of aliphatic hydroxyl groups excluding tert-OH is 2. The lowest BCUT2D eigenvalue weighted by molar-refractivity contribution is -0.204. The summed E-state index contributed by atoms with van der Waals surface area (Å²) in [6.07, 6.45) is 5.66. The van der Waals surface area contributed by atoms with Gasteiger partial charge in [-0.15, -0.1) is 0 Å². The molecule has 0 spiro atoms. The number of rotatable bonds is 8. The predicted octanol–water partition coefficient (Wildman–Crippen LogP) is 5.07. The minimum Gasteiger partial charge on any atom is -0.459 e. The van der Waals surface area contributed by atoms with E-state index < -0.39 is 24.3 Å². The second-order valence-corrected chi connectivity index (χ2v) is 14.0. The van der Waals surface area contributed by atoms with E-state index in [0.29, 0.717) is 24.2 Å². The third-order valence-corrected chi connectivity index (χ3v) is 11.3. The summed E-state index contributed by atoms with van der Waals surface area (Å²) in [6, 6.07) is 0. The summed E-state index contributed by atoms with van der Waals surface area (Å²) in [7, 11) is 1.79. The Labute approximate surface area is 235 Å². The SMILES string of the molecule is CO[C@@H]1C[C@]2(C)[C@@H]([C@H](C)[C@H](O)CCC(C)C)CC[C@H]2C2=C[C@H](OC(C)=O)[C@H]3[C@@H](OC(C)=O)[C@@H](O)CC[C@]3(C)[C@H]21. The van der Waals surface area contributed by atoms with Gasteiger partial charge in [0.15, 0.2) is 0 Å². The van der Waals surface area contributed by atoms with E-state index in [9.17, 15) is 19.8 Å². The summed E-state index contributed by atoms with van der Waals surface area (Å²) in [5.74, 6) is 0.299. The van der Waals surface area contributed by atoms with Crippen molar-refractivity contribution in [2.45, 2.75) is 124 Å². The van der Waals surface area contributed by atoms with E-state index >= 15 is 0 Å². The Morgan fingerprint density at radius 1 is 1.03 bits per heavy atom. The molecule has 0 aromatic heterocycles. The van der Waals surface area contributed by atoms with Crippen molar-refractivity contribution in [3.8, 4) is 0 Å². The van der Waals surface area contributed by atoms with Gasteiger partial charge in [0, 0.05) is 32.8 Å². The van der Waals surface area contributed by atoms with Crippen LogP contribution in [0.25, 0.3) is 0 Å². The molecular formula is C32H52O7. The van der Waals surface area contributed by atoms with Crippen molar-refractivity contribution >= 4 is 11.9 Å². The Morgan fingerprint density at radius 3 is 2.28 bits per heavy atom. The maximum atomic E-state index is 12.3. The van der Waals surface area contributed by atoms with Gasteiger partial charge in [-0.1, -0.05) is 40.2 Å².